The summed E-state index contributed by atoms with van der Waals surface area (Å²) in [5.74, 6) is -0.0965. The molecule has 1 fully saturated rings. The summed E-state index contributed by atoms with van der Waals surface area (Å²) >= 11 is 0. The van der Waals surface area contributed by atoms with Gasteiger partial charge in [0.1, 0.15) is 0 Å². The van der Waals surface area contributed by atoms with Crippen molar-refractivity contribution in [3.05, 3.63) is 11.6 Å². The number of hydrogen-bond acceptors (Lipinski definition) is 2. The molecule has 0 unspecified atom stereocenters. The van der Waals surface area contributed by atoms with Gasteiger partial charge in [0.15, 0.2) is 0 Å². The number of aliphatic carboxylic acids is 1. The monoisotopic (exact) mass is 184 g/mol. The van der Waals surface area contributed by atoms with Crippen molar-refractivity contribution in [1.29, 1.82) is 0 Å². The summed E-state index contributed by atoms with van der Waals surface area (Å²) in [6, 6.07) is 0. The molecule has 1 saturated carbocycles. The van der Waals surface area contributed by atoms with Crippen LogP contribution in [0.5, 0.6) is 0 Å². The van der Waals surface area contributed by atoms with Crippen molar-refractivity contribution in [3.63, 3.8) is 0 Å². The zero-order valence-electron chi connectivity index (χ0n) is 7.95. The third kappa shape index (κ3) is 4.08. The maximum Gasteiger partial charge on any atom is 0.331 e. The average molecular weight is 184 g/mol. The molecule has 0 atom stereocenters. The molecular formula is C10H16O3. The first-order chi connectivity index (χ1) is 6.24. The summed E-state index contributed by atoms with van der Waals surface area (Å²) in [5.41, 5.74) is 0.441. The summed E-state index contributed by atoms with van der Waals surface area (Å²) in [5, 5.41) is 8.67. The predicted octanol–water partition coefficient (Wildman–Crippen LogP) is 1.83. The molecule has 0 spiro atoms. The van der Waals surface area contributed by atoms with Crippen molar-refractivity contribution in [2.75, 3.05) is 13.2 Å². The van der Waals surface area contributed by atoms with Gasteiger partial charge in [-0.2, -0.15) is 0 Å². The van der Waals surface area contributed by atoms with Crippen LogP contribution in [0.3, 0.4) is 0 Å². The van der Waals surface area contributed by atoms with Crippen LogP contribution in [0.25, 0.3) is 0 Å². The molecule has 3 heteroatoms. The molecular weight excluding hydrogens is 168 g/mol. The van der Waals surface area contributed by atoms with Gasteiger partial charge in [0.25, 0.3) is 0 Å². The third-order valence-corrected chi connectivity index (χ3v) is 2.15. The normalized spacial score (nSPS) is 17.5. The lowest BCUT2D eigenvalue weighted by atomic mass is 10.2. The van der Waals surface area contributed by atoms with E-state index >= 15 is 0 Å². The molecule has 0 amide bonds. The van der Waals surface area contributed by atoms with E-state index in [2.05, 4.69) is 0 Å². The number of hydrogen-bond donors (Lipinski definition) is 1. The maximum atomic E-state index is 10.5. The van der Waals surface area contributed by atoms with E-state index in [1.165, 1.54) is 12.8 Å². The van der Waals surface area contributed by atoms with Gasteiger partial charge in [-0.25, -0.2) is 4.79 Å². The van der Waals surface area contributed by atoms with E-state index in [1.807, 2.05) is 6.92 Å². The van der Waals surface area contributed by atoms with Crippen molar-refractivity contribution < 1.29 is 14.6 Å². The van der Waals surface area contributed by atoms with Crippen LogP contribution >= 0.6 is 0 Å². The van der Waals surface area contributed by atoms with Gasteiger partial charge in [0, 0.05) is 12.2 Å². The highest BCUT2D eigenvalue weighted by molar-refractivity contribution is 5.86. The molecule has 0 aliphatic heterocycles. The average Bonchev–Trinajstić information content (AvgIpc) is 2.87. The molecule has 3 nitrogen and oxygen atoms in total. The molecule has 0 bridgehead atoms. The number of carbonyl (C=O) groups is 1. The van der Waals surface area contributed by atoms with E-state index in [1.54, 1.807) is 6.08 Å². The number of rotatable bonds is 6. The summed E-state index contributed by atoms with van der Waals surface area (Å²) in [4.78, 5) is 10.5. The molecule has 0 aromatic heterocycles. The maximum absolute atomic E-state index is 10.5. The Morgan fingerprint density at radius 2 is 2.31 bits per heavy atom. The Bertz CT molecular complexity index is 204. The molecule has 1 rings (SSSR count). The highest BCUT2D eigenvalue weighted by atomic mass is 16.5. The van der Waals surface area contributed by atoms with Crippen LogP contribution in [-0.4, -0.2) is 24.3 Å². The van der Waals surface area contributed by atoms with E-state index in [0.29, 0.717) is 18.6 Å². The summed E-state index contributed by atoms with van der Waals surface area (Å²) in [6.45, 7) is 3.06. The van der Waals surface area contributed by atoms with Gasteiger partial charge in [-0.3, -0.25) is 0 Å². The Kier molecular flexibility index (Phi) is 3.96. The molecule has 1 N–H and O–H groups in total. The van der Waals surface area contributed by atoms with E-state index in [0.717, 1.165) is 12.5 Å². The highest BCUT2D eigenvalue weighted by Crippen LogP contribution is 2.28. The topological polar surface area (TPSA) is 46.5 Å². The third-order valence-electron chi connectivity index (χ3n) is 2.15. The van der Waals surface area contributed by atoms with Gasteiger partial charge in [-0.1, -0.05) is 6.92 Å². The summed E-state index contributed by atoms with van der Waals surface area (Å²) in [7, 11) is 0. The number of carboxylic acid groups (broad SMARTS) is 1. The van der Waals surface area contributed by atoms with Gasteiger partial charge in [0.05, 0.1) is 6.61 Å². The lowest BCUT2D eigenvalue weighted by Crippen LogP contribution is -2.02. The van der Waals surface area contributed by atoms with E-state index < -0.39 is 5.97 Å². The van der Waals surface area contributed by atoms with Crippen LogP contribution in [0.15, 0.2) is 11.6 Å². The Morgan fingerprint density at radius 3 is 2.77 bits per heavy atom. The lowest BCUT2D eigenvalue weighted by Gasteiger charge is -2.00. The first-order valence-electron chi connectivity index (χ1n) is 4.74. The van der Waals surface area contributed by atoms with Crippen LogP contribution in [0.2, 0.25) is 0 Å². The fourth-order valence-corrected chi connectivity index (χ4v) is 1.06. The second kappa shape index (κ2) is 5.02. The van der Waals surface area contributed by atoms with Crippen LogP contribution in [-0.2, 0) is 9.53 Å². The molecule has 0 radical (unpaired) electrons. The zero-order chi connectivity index (χ0) is 9.68. The molecule has 0 saturated heterocycles. The van der Waals surface area contributed by atoms with Gasteiger partial charge >= 0.3 is 5.97 Å². The second-order valence-corrected chi connectivity index (χ2v) is 3.37. The van der Waals surface area contributed by atoms with E-state index in [9.17, 15) is 4.79 Å². The summed E-state index contributed by atoms with van der Waals surface area (Å²) in [6.07, 6.45) is 4.75. The van der Waals surface area contributed by atoms with Crippen LogP contribution in [0.4, 0.5) is 0 Å². The molecule has 1 aliphatic carbocycles. The minimum Gasteiger partial charge on any atom is -0.478 e. The molecule has 0 aromatic carbocycles. The smallest absolute Gasteiger partial charge is 0.331 e. The molecule has 0 heterocycles. The predicted molar refractivity (Wildman–Crippen MR) is 49.6 cm³/mol. The molecule has 13 heavy (non-hydrogen) atoms. The van der Waals surface area contributed by atoms with Crippen molar-refractivity contribution in [3.8, 4) is 0 Å². The fraction of sp³-hybridized carbons (Fsp3) is 0.700. The minimum atomic E-state index is -0.836. The number of carboxylic acids is 1. The lowest BCUT2D eigenvalue weighted by molar-refractivity contribution is -0.132. The molecule has 74 valence electrons. The number of ether oxygens (including phenoxy) is 1. The largest absolute Gasteiger partial charge is 0.478 e. The standard InChI is InChI=1S/C10H16O3/c1-2-9(10(11)12)5-6-13-7-8-3-4-8/h5,8H,2-4,6-7H2,1H3,(H,11,12). The minimum absolute atomic E-state index is 0.436. The summed E-state index contributed by atoms with van der Waals surface area (Å²) < 4.78 is 5.30. The van der Waals surface area contributed by atoms with Crippen LogP contribution in [0, 0.1) is 5.92 Å². The van der Waals surface area contributed by atoms with E-state index in [-0.39, 0.29) is 0 Å². The zero-order valence-corrected chi connectivity index (χ0v) is 7.95. The SMILES string of the molecule is CCC(=CCOCC1CC1)C(=O)O. The van der Waals surface area contributed by atoms with Crippen LogP contribution < -0.4 is 0 Å². The Balaban J connectivity index is 2.14. The van der Waals surface area contributed by atoms with Gasteiger partial charge < -0.3 is 9.84 Å². The highest BCUT2D eigenvalue weighted by Gasteiger charge is 2.20. The van der Waals surface area contributed by atoms with Crippen molar-refractivity contribution in [2.45, 2.75) is 26.2 Å². The van der Waals surface area contributed by atoms with Crippen molar-refractivity contribution in [1.82, 2.24) is 0 Å². The van der Waals surface area contributed by atoms with E-state index in [4.69, 9.17) is 9.84 Å². The Hall–Kier alpha value is -0.830. The molecule has 0 aromatic rings. The van der Waals surface area contributed by atoms with Gasteiger partial charge in [-0.05, 0) is 31.3 Å². The van der Waals surface area contributed by atoms with Crippen molar-refractivity contribution >= 4 is 5.97 Å². The Morgan fingerprint density at radius 1 is 1.62 bits per heavy atom. The second-order valence-electron chi connectivity index (χ2n) is 3.37. The van der Waals surface area contributed by atoms with Gasteiger partial charge in [0.2, 0.25) is 0 Å². The van der Waals surface area contributed by atoms with Crippen molar-refractivity contribution in [2.24, 2.45) is 5.92 Å². The quantitative estimate of drug-likeness (QED) is 0.506. The molecule has 1 aliphatic rings. The fourth-order valence-electron chi connectivity index (χ4n) is 1.06. The Labute approximate surface area is 78.4 Å². The van der Waals surface area contributed by atoms with Crippen LogP contribution in [0.1, 0.15) is 26.2 Å². The first kappa shape index (κ1) is 10.3. The van der Waals surface area contributed by atoms with Gasteiger partial charge in [-0.15, -0.1) is 0 Å². The first-order valence-corrected chi connectivity index (χ1v) is 4.74.